The molecule has 1 aromatic heterocycles. The van der Waals surface area contributed by atoms with E-state index in [1.165, 1.54) is 48.7 Å². The summed E-state index contributed by atoms with van der Waals surface area (Å²) in [6, 6.07) is 14.7. The molecule has 0 aliphatic heterocycles. The van der Waals surface area contributed by atoms with Crippen LogP contribution >= 0.6 is 11.8 Å². The normalized spacial score (nSPS) is 19.0. The van der Waals surface area contributed by atoms with Crippen LogP contribution in [0.2, 0.25) is 0 Å². The van der Waals surface area contributed by atoms with Gasteiger partial charge in [-0.15, -0.1) is 10.2 Å². The Bertz CT molecular complexity index is 1050. The van der Waals surface area contributed by atoms with Gasteiger partial charge >= 0.3 is 0 Å². The highest BCUT2D eigenvalue weighted by Gasteiger charge is 2.29. The Labute approximate surface area is 180 Å². The van der Waals surface area contributed by atoms with Crippen molar-refractivity contribution in [2.45, 2.75) is 50.7 Å². The molecule has 0 amide bonds. The summed E-state index contributed by atoms with van der Waals surface area (Å²) in [5.41, 5.74) is 2.33. The summed E-state index contributed by atoms with van der Waals surface area (Å²) in [5.74, 6) is 0.777. The van der Waals surface area contributed by atoms with E-state index in [0.717, 1.165) is 23.0 Å². The third-order valence-corrected chi connectivity index (χ3v) is 6.79. The maximum absolute atomic E-state index is 14.0. The van der Waals surface area contributed by atoms with Crippen molar-refractivity contribution in [2.24, 2.45) is 5.92 Å². The van der Waals surface area contributed by atoms with Crippen LogP contribution in [0.15, 0.2) is 53.7 Å². The molecule has 6 heteroatoms. The summed E-state index contributed by atoms with van der Waals surface area (Å²) < 4.78 is 16.2. The summed E-state index contributed by atoms with van der Waals surface area (Å²) in [5, 5.41) is 9.69. The SMILES string of the molecule is Cc1cccc(-c2nnc(SCC(=O)c3ccccc3F)n2[C@@H]2CCCC[C@@H]2C)c1. The number of hydrogen-bond donors (Lipinski definition) is 0. The molecule has 156 valence electrons. The smallest absolute Gasteiger partial charge is 0.192 e. The summed E-state index contributed by atoms with van der Waals surface area (Å²) in [4.78, 5) is 12.6. The zero-order chi connectivity index (χ0) is 21.1. The van der Waals surface area contributed by atoms with E-state index in [9.17, 15) is 9.18 Å². The standard InChI is InChI=1S/C24H26FN3OS/c1-16-8-7-10-18(14-16)23-26-27-24(28(23)21-13-6-3-9-17(21)2)30-15-22(29)19-11-4-5-12-20(19)25/h4-5,7-8,10-12,14,17,21H,3,6,9,13,15H2,1-2H3/t17-,21+/m0/s1. The van der Waals surface area contributed by atoms with Gasteiger partial charge < -0.3 is 0 Å². The fraction of sp³-hybridized carbons (Fsp3) is 0.375. The van der Waals surface area contributed by atoms with E-state index in [1.54, 1.807) is 12.1 Å². The number of rotatable bonds is 6. The molecular formula is C24H26FN3OS. The first kappa shape index (κ1) is 20.8. The zero-order valence-electron chi connectivity index (χ0n) is 17.3. The first-order valence-electron chi connectivity index (χ1n) is 10.5. The minimum Gasteiger partial charge on any atom is -0.299 e. The van der Waals surface area contributed by atoms with E-state index in [0.29, 0.717) is 12.0 Å². The van der Waals surface area contributed by atoms with Crippen LogP contribution in [-0.4, -0.2) is 26.3 Å². The Hall–Kier alpha value is -2.47. The number of carbonyl (C=O) groups is 1. The number of ketones is 1. The average Bonchev–Trinajstić information content (AvgIpc) is 3.16. The number of hydrogen-bond acceptors (Lipinski definition) is 4. The highest BCUT2D eigenvalue weighted by Crippen LogP contribution is 2.39. The third-order valence-electron chi connectivity index (χ3n) is 5.85. The van der Waals surface area contributed by atoms with Crippen molar-refractivity contribution in [3.05, 3.63) is 65.5 Å². The minimum absolute atomic E-state index is 0.126. The molecule has 4 rings (SSSR count). The molecule has 0 saturated heterocycles. The van der Waals surface area contributed by atoms with E-state index in [1.807, 2.05) is 6.07 Å². The van der Waals surface area contributed by atoms with Crippen LogP contribution in [-0.2, 0) is 0 Å². The van der Waals surface area contributed by atoms with Gasteiger partial charge in [0, 0.05) is 11.6 Å². The Morgan fingerprint density at radius 2 is 1.93 bits per heavy atom. The van der Waals surface area contributed by atoms with E-state index in [2.05, 4.69) is 46.8 Å². The molecule has 1 aliphatic rings. The number of aromatic nitrogens is 3. The number of Topliss-reactive ketones (excluding diaryl/α,β-unsaturated/α-hetero) is 1. The van der Waals surface area contributed by atoms with E-state index in [-0.39, 0.29) is 17.1 Å². The van der Waals surface area contributed by atoms with Gasteiger partial charge in [0.25, 0.3) is 0 Å². The Kier molecular flexibility index (Phi) is 6.32. The molecule has 1 saturated carbocycles. The molecule has 0 radical (unpaired) electrons. The lowest BCUT2D eigenvalue weighted by Crippen LogP contribution is -2.22. The molecule has 1 heterocycles. The maximum Gasteiger partial charge on any atom is 0.192 e. The van der Waals surface area contributed by atoms with E-state index < -0.39 is 5.82 Å². The predicted molar refractivity (Wildman–Crippen MR) is 118 cm³/mol. The largest absolute Gasteiger partial charge is 0.299 e. The number of thioether (sulfide) groups is 1. The highest BCUT2D eigenvalue weighted by atomic mass is 32.2. The minimum atomic E-state index is -0.481. The van der Waals surface area contributed by atoms with Crippen LogP contribution in [0.25, 0.3) is 11.4 Å². The Balaban J connectivity index is 1.66. The van der Waals surface area contributed by atoms with Crippen molar-refractivity contribution in [1.29, 1.82) is 0 Å². The molecule has 3 aromatic rings. The average molecular weight is 424 g/mol. The van der Waals surface area contributed by atoms with E-state index in [4.69, 9.17) is 0 Å². The monoisotopic (exact) mass is 423 g/mol. The van der Waals surface area contributed by atoms with Gasteiger partial charge in [-0.25, -0.2) is 4.39 Å². The van der Waals surface area contributed by atoms with Gasteiger partial charge in [0.1, 0.15) is 5.82 Å². The molecule has 0 N–H and O–H groups in total. The van der Waals surface area contributed by atoms with Crippen LogP contribution in [0, 0.1) is 18.7 Å². The van der Waals surface area contributed by atoms with Crippen LogP contribution in [0.1, 0.15) is 54.6 Å². The summed E-state index contributed by atoms with van der Waals surface area (Å²) in [6.45, 7) is 4.35. The highest BCUT2D eigenvalue weighted by molar-refractivity contribution is 7.99. The third kappa shape index (κ3) is 4.33. The van der Waals surface area contributed by atoms with Gasteiger partial charge in [-0.2, -0.15) is 0 Å². The van der Waals surface area contributed by atoms with Gasteiger partial charge in [-0.3, -0.25) is 9.36 Å². The topological polar surface area (TPSA) is 47.8 Å². The van der Waals surface area contributed by atoms with E-state index >= 15 is 0 Å². The number of carbonyl (C=O) groups excluding carboxylic acids is 1. The number of halogens is 1. The second-order valence-corrected chi connectivity index (χ2v) is 9.01. The lowest BCUT2D eigenvalue weighted by molar-refractivity contribution is 0.101. The van der Waals surface area contributed by atoms with Crippen molar-refractivity contribution in [3.63, 3.8) is 0 Å². The van der Waals surface area contributed by atoms with Crippen LogP contribution in [0.5, 0.6) is 0 Å². The fourth-order valence-electron chi connectivity index (χ4n) is 4.23. The van der Waals surface area contributed by atoms with Crippen molar-refractivity contribution in [3.8, 4) is 11.4 Å². The fourth-order valence-corrected chi connectivity index (χ4v) is 5.11. The van der Waals surface area contributed by atoms with Crippen LogP contribution in [0.3, 0.4) is 0 Å². The first-order chi connectivity index (χ1) is 14.5. The Morgan fingerprint density at radius 3 is 2.70 bits per heavy atom. The number of aryl methyl sites for hydroxylation is 1. The quantitative estimate of drug-likeness (QED) is 0.354. The van der Waals surface area contributed by atoms with Gasteiger partial charge in [0.15, 0.2) is 16.8 Å². The molecule has 0 unspecified atom stereocenters. The lowest BCUT2D eigenvalue weighted by atomic mass is 9.85. The van der Waals surface area contributed by atoms with Gasteiger partial charge in [-0.1, -0.05) is 67.4 Å². The van der Waals surface area contributed by atoms with Gasteiger partial charge in [0.05, 0.1) is 11.3 Å². The van der Waals surface area contributed by atoms with Gasteiger partial charge in [0.2, 0.25) is 0 Å². The molecule has 0 spiro atoms. The molecule has 1 fully saturated rings. The first-order valence-corrected chi connectivity index (χ1v) is 11.5. The van der Waals surface area contributed by atoms with Crippen LogP contribution < -0.4 is 0 Å². The molecule has 30 heavy (non-hydrogen) atoms. The van der Waals surface area contributed by atoms with Crippen molar-refractivity contribution < 1.29 is 9.18 Å². The second kappa shape index (κ2) is 9.13. The zero-order valence-corrected chi connectivity index (χ0v) is 18.2. The maximum atomic E-state index is 14.0. The van der Waals surface area contributed by atoms with Crippen molar-refractivity contribution in [2.75, 3.05) is 5.75 Å². The molecule has 2 atom stereocenters. The Morgan fingerprint density at radius 1 is 1.13 bits per heavy atom. The predicted octanol–water partition coefficient (Wildman–Crippen LogP) is 6.12. The second-order valence-electron chi connectivity index (χ2n) is 8.07. The molecule has 1 aliphatic carbocycles. The summed E-state index contributed by atoms with van der Waals surface area (Å²) in [7, 11) is 0. The molecule has 2 aromatic carbocycles. The summed E-state index contributed by atoms with van der Waals surface area (Å²) in [6.07, 6.45) is 4.67. The molecular weight excluding hydrogens is 397 g/mol. The number of benzene rings is 2. The van der Waals surface area contributed by atoms with Crippen molar-refractivity contribution >= 4 is 17.5 Å². The number of nitrogens with zero attached hydrogens (tertiary/aromatic N) is 3. The van der Waals surface area contributed by atoms with Crippen LogP contribution in [0.4, 0.5) is 4.39 Å². The molecule has 4 nitrogen and oxygen atoms in total. The molecule has 0 bridgehead atoms. The summed E-state index contributed by atoms with van der Waals surface area (Å²) >= 11 is 1.35. The van der Waals surface area contributed by atoms with Gasteiger partial charge in [-0.05, 0) is 43.9 Å². The lowest BCUT2D eigenvalue weighted by Gasteiger charge is -2.31. The van der Waals surface area contributed by atoms with Crippen molar-refractivity contribution in [1.82, 2.24) is 14.8 Å².